The van der Waals surface area contributed by atoms with E-state index >= 15 is 0 Å². The van der Waals surface area contributed by atoms with E-state index in [4.69, 9.17) is 9.47 Å². The predicted molar refractivity (Wildman–Crippen MR) is 121 cm³/mol. The predicted octanol–water partition coefficient (Wildman–Crippen LogP) is 5.00. The third-order valence-electron chi connectivity index (χ3n) is 5.69. The lowest BCUT2D eigenvalue weighted by Gasteiger charge is -2.31. The average Bonchev–Trinajstić information content (AvgIpc) is 3.22. The van der Waals surface area contributed by atoms with Crippen molar-refractivity contribution >= 4 is 27.5 Å². The summed E-state index contributed by atoms with van der Waals surface area (Å²) < 4.78 is 26.0. The lowest BCUT2D eigenvalue weighted by molar-refractivity contribution is 0.0498. The van der Waals surface area contributed by atoms with Crippen molar-refractivity contribution in [1.82, 2.24) is 4.98 Å². The summed E-state index contributed by atoms with van der Waals surface area (Å²) in [7, 11) is 0. The van der Waals surface area contributed by atoms with E-state index in [1.54, 1.807) is 48.5 Å². The molecule has 1 aliphatic heterocycles. The van der Waals surface area contributed by atoms with Crippen LogP contribution < -0.4 is 9.47 Å². The molecule has 0 spiro atoms. The molecular weight excluding hydrogens is 445 g/mol. The third-order valence-corrected chi connectivity index (χ3v) is 6.70. The Morgan fingerprint density at radius 3 is 2.88 bits per heavy atom. The summed E-state index contributed by atoms with van der Waals surface area (Å²) in [6, 6.07) is 16.5. The Bertz CT molecular complexity index is 1340. The summed E-state index contributed by atoms with van der Waals surface area (Å²) in [6.45, 7) is 0.497. The summed E-state index contributed by atoms with van der Waals surface area (Å²) in [5, 5.41) is 21.2. The maximum atomic E-state index is 13.4. The molecule has 0 radical (unpaired) electrons. The molecule has 4 aromatic rings. The number of thiazole rings is 1. The van der Waals surface area contributed by atoms with E-state index < -0.39 is 12.1 Å². The first kappa shape index (κ1) is 21.4. The molecule has 3 aromatic carbocycles. The highest BCUT2D eigenvalue weighted by molar-refractivity contribution is 7.18. The number of rotatable bonds is 6. The Morgan fingerprint density at radius 2 is 2.03 bits per heavy atom. The van der Waals surface area contributed by atoms with Crippen LogP contribution in [0.4, 0.5) is 4.39 Å². The molecule has 0 fully saturated rings. The van der Waals surface area contributed by atoms with Gasteiger partial charge in [-0.1, -0.05) is 18.2 Å². The second-order valence-corrected chi connectivity index (χ2v) is 9.01. The molecule has 2 heterocycles. The fourth-order valence-corrected chi connectivity index (χ4v) is 4.90. The van der Waals surface area contributed by atoms with Gasteiger partial charge >= 0.3 is 5.97 Å². The molecule has 0 amide bonds. The molecule has 0 bridgehead atoms. The summed E-state index contributed by atoms with van der Waals surface area (Å²) in [5.74, 6) is -0.496. The molecule has 6 nitrogen and oxygen atoms in total. The smallest absolute Gasteiger partial charge is 0.335 e. The average molecular weight is 466 g/mol. The van der Waals surface area contributed by atoms with E-state index in [-0.39, 0.29) is 30.5 Å². The number of aliphatic hydroxyl groups excluding tert-OH is 1. The minimum Gasteiger partial charge on any atom is -0.493 e. The maximum absolute atomic E-state index is 13.4. The number of halogens is 1. The second-order valence-electron chi connectivity index (χ2n) is 7.89. The number of hydrogen-bond acceptors (Lipinski definition) is 6. The van der Waals surface area contributed by atoms with Crippen molar-refractivity contribution in [3.63, 3.8) is 0 Å². The molecule has 0 saturated carbocycles. The monoisotopic (exact) mass is 465 g/mol. The van der Waals surface area contributed by atoms with Crippen molar-refractivity contribution in [3.05, 3.63) is 88.2 Å². The van der Waals surface area contributed by atoms with Gasteiger partial charge in [0, 0.05) is 17.5 Å². The Morgan fingerprint density at radius 1 is 1.18 bits per heavy atom. The number of nitrogens with zero attached hydrogens (tertiary/aromatic N) is 1. The van der Waals surface area contributed by atoms with Gasteiger partial charge in [-0.25, -0.2) is 14.2 Å². The number of aliphatic hydroxyl groups is 1. The Balaban J connectivity index is 1.32. The van der Waals surface area contributed by atoms with Crippen molar-refractivity contribution in [2.24, 2.45) is 5.92 Å². The third kappa shape index (κ3) is 4.40. The fraction of sp³-hybridized carbons (Fsp3) is 0.200. The number of carbonyl (C=O) groups is 1. The van der Waals surface area contributed by atoms with Gasteiger partial charge in [0.2, 0.25) is 0 Å². The van der Waals surface area contributed by atoms with E-state index in [2.05, 4.69) is 4.98 Å². The van der Waals surface area contributed by atoms with Crippen LogP contribution in [0.2, 0.25) is 0 Å². The van der Waals surface area contributed by atoms with Crippen LogP contribution >= 0.6 is 11.3 Å². The van der Waals surface area contributed by atoms with E-state index in [0.29, 0.717) is 39.6 Å². The van der Waals surface area contributed by atoms with Crippen molar-refractivity contribution in [3.8, 4) is 11.5 Å². The number of ether oxygens (including phenoxy) is 2. The number of benzene rings is 3. The van der Waals surface area contributed by atoms with Crippen LogP contribution in [0.3, 0.4) is 0 Å². The quantitative estimate of drug-likeness (QED) is 0.417. The molecule has 1 aliphatic rings. The zero-order valence-electron chi connectivity index (χ0n) is 17.4. The Hall–Kier alpha value is -3.49. The van der Waals surface area contributed by atoms with E-state index in [9.17, 15) is 19.4 Å². The second kappa shape index (κ2) is 8.80. The van der Waals surface area contributed by atoms with E-state index in [1.165, 1.54) is 23.5 Å². The molecule has 2 unspecified atom stereocenters. The number of hydrogen-bond donors (Lipinski definition) is 2. The van der Waals surface area contributed by atoms with Gasteiger partial charge in [0.05, 0.1) is 28.5 Å². The first-order valence-corrected chi connectivity index (χ1v) is 11.2. The van der Waals surface area contributed by atoms with Gasteiger partial charge in [-0.05, 0) is 48.4 Å². The van der Waals surface area contributed by atoms with Crippen LogP contribution in [0.25, 0.3) is 10.2 Å². The van der Waals surface area contributed by atoms with Gasteiger partial charge in [0.25, 0.3) is 0 Å². The van der Waals surface area contributed by atoms with Crippen LogP contribution in [0, 0.1) is 11.7 Å². The number of aromatic carboxylic acids is 1. The highest BCUT2D eigenvalue weighted by atomic mass is 32.1. The van der Waals surface area contributed by atoms with Crippen molar-refractivity contribution in [2.45, 2.75) is 19.1 Å². The Labute approximate surface area is 192 Å². The summed E-state index contributed by atoms with van der Waals surface area (Å²) >= 11 is 1.44. The number of carboxylic acid groups (broad SMARTS) is 1. The first-order chi connectivity index (χ1) is 16.0. The first-order valence-electron chi connectivity index (χ1n) is 10.4. The van der Waals surface area contributed by atoms with Crippen LogP contribution in [0.5, 0.6) is 11.5 Å². The van der Waals surface area contributed by atoms with Gasteiger partial charge in [0.15, 0.2) is 0 Å². The zero-order chi connectivity index (χ0) is 22.9. The molecule has 1 aromatic heterocycles. The highest BCUT2D eigenvalue weighted by Gasteiger charge is 2.31. The minimum absolute atomic E-state index is 0.214. The minimum atomic E-state index is -0.995. The number of aromatic nitrogens is 1. The summed E-state index contributed by atoms with van der Waals surface area (Å²) in [5.41, 5.74) is 2.07. The zero-order valence-corrected chi connectivity index (χ0v) is 18.2. The molecule has 8 heteroatoms. The van der Waals surface area contributed by atoms with Crippen molar-refractivity contribution in [2.75, 3.05) is 6.61 Å². The molecule has 168 valence electrons. The molecule has 0 aliphatic carbocycles. The van der Waals surface area contributed by atoms with Crippen LogP contribution in [0.1, 0.15) is 32.6 Å². The molecule has 0 saturated heterocycles. The number of fused-ring (bicyclic) bond motifs is 2. The van der Waals surface area contributed by atoms with Gasteiger partial charge in [-0.2, -0.15) is 0 Å². The van der Waals surface area contributed by atoms with Gasteiger partial charge < -0.3 is 19.7 Å². The van der Waals surface area contributed by atoms with Crippen LogP contribution in [-0.2, 0) is 13.0 Å². The standard InChI is InChI=1S/C25H20FNO5S/c26-16-5-8-22-20(10-16)27-23(33-22)13-31-17-6-7-21-19(11-17)24(28)15(12-32-21)9-14-3-1-2-4-18(14)25(29)30/h1-8,10-11,15,24,28H,9,12-13H2,(H,29,30). The summed E-state index contributed by atoms with van der Waals surface area (Å²) in [4.78, 5) is 15.9. The van der Waals surface area contributed by atoms with Crippen molar-refractivity contribution in [1.29, 1.82) is 0 Å². The lowest BCUT2D eigenvalue weighted by Crippen LogP contribution is -2.28. The van der Waals surface area contributed by atoms with Crippen molar-refractivity contribution < 1.29 is 28.9 Å². The molecule has 2 atom stereocenters. The summed E-state index contributed by atoms with van der Waals surface area (Å²) in [6.07, 6.45) is -0.458. The molecule has 2 N–H and O–H groups in total. The molecule has 33 heavy (non-hydrogen) atoms. The molecule has 5 rings (SSSR count). The highest BCUT2D eigenvalue weighted by Crippen LogP contribution is 2.39. The van der Waals surface area contributed by atoms with Crippen LogP contribution in [-0.4, -0.2) is 27.8 Å². The maximum Gasteiger partial charge on any atom is 0.335 e. The van der Waals surface area contributed by atoms with E-state index in [0.717, 1.165) is 4.70 Å². The SMILES string of the molecule is O=C(O)c1ccccc1CC1COc2ccc(OCc3nc4cc(F)ccc4s3)cc2C1O. The largest absolute Gasteiger partial charge is 0.493 e. The lowest BCUT2D eigenvalue weighted by atomic mass is 9.87. The molecular formula is C25H20FNO5S. The van der Waals surface area contributed by atoms with Gasteiger partial charge in [-0.15, -0.1) is 11.3 Å². The fourth-order valence-electron chi connectivity index (χ4n) is 4.04. The van der Waals surface area contributed by atoms with Gasteiger partial charge in [0.1, 0.15) is 28.9 Å². The normalized spacial score (nSPS) is 17.4. The van der Waals surface area contributed by atoms with E-state index in [1.807, 2.05) is 0 Å². The number of carboxylic acids is 1. The van der Waals surface area contributed by atoms with Crippen LogP contribution in [0.15, 0.2) is 60.7 Å². The topological polar surface area (TPSA) is 88.9 Å². The Kier molecular flexibility index (Phi) is 5.70. The van der Waals surface area contributed by atoms with Gasteiger partial charge in [-0.3, -0.25) is 0 Å².